The van der Waals surface area contributed by atoms with E-state index in [0.29, 0.717) is 0 Å². The highest BCUT2D eigenvalue weighted by Crippen LogP contribution is 2.22. The first-order chi connectivity index (χ1) is 13.6. The zero-order valence-corrected chi connectivity index (χ0v) is 15.4. The average molecular weight is 369 g/mol. The quantitative estimate of drug-likeness (QED) is 0.560. The Kier molecular flexibility index (Phi) is 4.60. The summed E-state index contributed by atoms with van der Waals surface area (Å²) in [5.41, 5.74) is 9.94. The molecule has 2 heterocycles. The first kappa shape index (κ1) is 17.5. The normalized spacial score (nSPS) is 11.2. The Balaban J connectivity index is 1.82. The van der Waals surface area contributed by atoms with Crippen LogP contribution >= 0.6 is 0 Å². The highest BCUT2D eigenvalue weighted by atomic mass is 16.1. The first-order valence-corrected chi connectivity index (χ1v) is 8.86. The molecule has 0 saturated carbocycles. The van der Waals surface area contributed by atoms with Gasteiger partial charge in [-0.15, -0.1) is 0 Å². The Morgan fingerprint density at radius 3 is 2.36 bits per heavy atom. The Labute approximate surface area is 162 Å². The van der Waals surface area contributed by atoms with Gasteiger partial charge in [-0.3, -0.25) is 4.79 Å². The predicted octanol–water partition coefficient (Wildman–Crippen LogP) is 3.47. The van der Waals surface area contributed by atoms with Crippen molar-refractivity contribution in [3.05, 3.63) is 100 Å². The van der Waals surface area contributed by atoms with Gasteiger partial charge in [0.05, 0.1) is 11.9 Å². The van der Waals surface area contributed by atoms with Crippen LogP contribution in [0.3, 0.4) is 0 Å². The van der Waals surface area contributed by atoms with Gasteiger partial charge in [0.2, 0.25) is 0 Å². The maximum atomic E-state index is 12.2. The van der Waals surface area contributed by atoms with E-state index in [4.69, 9.17) is 10.8 Å². The molecule has 138 valence electrons. The number of aromatic nitrogens is 3. The third-order valence-corrected chi connectivity index (χ3v) is 4.30. The van der Waals surface area contributed by atoms with Crippen LogP contribution in [-0.4, -0.2) is 20.7 Å². The standard InChI is InChI=1S/C22H19N5O/c1-16-12-20(23)27(21(28)13-16)24-14-18-15-26(19-10-6-3-7-11-19)25-22(18)17-8-4-2-5-9-17/h2-15H,23H2,1H3/b24-14-. The van der Waals surface area contributed by atoms with Gasteiger partial charge in [0.25, 0.3) is 5.56 Å². The van der Waals surface area contributed by atoms with Crippen LogP contribution < -0.4 is 11.3 Å². The van der Waals surface area contributed by atoms with Gasteiger partial charge in [-0.05, 0) is 30.7 Å². The van der Waals surface area contributed by atoms with Crippen LogP contribution in [0.15, 0.2) is 88.9 Å². The summed E-state index contributed by atoms with van der Waals surface area (Å²) in [6.07, 6.45) is 3.50. The molecule has 4 aromatic rings. The van der Waals surface area contributed by atoms with Gasteiger partial charge in [-0.1, -0.05) is 48.5 Å². The molecule has 2 N–H and O–H groups in total. The molecule has 0 aliphatic heterocycles. The Morgan fingerprint density at radius 2 is 1.68 bits per heavy atom. The molecule has 0 fully saturated rings. The third kappa shape index (κ3) is 3.48. The second kappa shape index (κ2) is 7.36. The maximum absolute atomic E-state index is 12.2. The number of hydrogen-bond acceptors (Lipinski definition) is 4. The molecule has 0 aliphatic rings. The van der Waals surface area contributed by atoms with E-state index in [1.807, 2.05) is 73.8 Å². The summed E-state index contributed by atoms with van der Waals surface area (Å²) in [5.74, 6) is 0.290. The Morgan fingerprint density at radius 1 is 1.00 bits per heavy atom. The van der Waals surface area contributed by atoms with Gasteiger partial charge < -0.3 is 5.73 Å². The SMILES string of the molecule is Cc1cc(N)n(/N=C\c2cn(-c3ccccc3)nc2-c2ccccc2)c(=O)c1. The van der Waals surface area contributed by atoms with Crippen molar-refractivity contribution in [3.63, 3.8) is 0 Å². The zero-order valence-electron chi connectivity index (χ0n) is 15.4. The van der Waals surface area contributed by atoms with Crippen molar-refractivity contribution in [2.75, 3.05) is 5.73 Å². The van der Waals surface area contributed by atoms with Gasteiger partial charge in [-0.2, -0.15) is 14.9 Å². The summed E-state index contributed by atoms with van der Waals surface area (Å²) in [7, 11) is 0. The molecule has 4 rings (SSSR count). The monoisotopic (exact) mass is 369 g/mol. The number of rotatable bonds is 4. The van der Waals surface area contributed by atoms with Crippen LogP contribution in [0.2, 0.25) is 0 Å². The summed E-state index contributed by atoms with van der Waals surface area (Å²) in [4.78, 5) is 12.2. The lowest BCUT2D eigenvalue weighted by Gasteiger charge is -2.03. The number of nitrogens with two attached hydrogens (primary N) is 1. The molecule has 2 aromatic carbocycles. The molecule has 6 nitrogen and oxygen atoms in total. The smallest absolute Gasteiger partial charge is 0.273 e. The van der Waals surface area contributed by atoms with E-state index in [-0.39, 0.29) is 11.4 Å². The number of anilines is 1. The fourth-order valence-electron chi connectivity index (χ4n) is 2.98. The number of pyridine rings is 1. The highest BCUT2D eigenvalue weighted by Gasteiger charge is 2.11. The largest absolute Gasteiger partial charge is 0.384 e. The molecule has 0 spiro atoms. The summed E-state index contributed by atoms with van der Waals surface area (Å²) in [6, 6.07) is 22.9. The van der Waals surface area contributed by atoms with E-state index in [9.17, 15) is 4.79 Å². The summed E-state index contributed by atoms with van der Waals surface area (Å²) in [5, 5.41) is 9.04. The van der Waals surface area contributed by atoms with Crippen molar-refractivity contribution in [2.45, 2.75) is 6.92 Å². The average Bonchev–Trinajstić information content (AvgIpc) is 3.13. The molecule has 0 aliphatic carbocycles. The van der Waals surface area contributed by atoms with Crippen LogP contribution in [0, 0.1) is 6.92 Å². The van der Waals surface area contributed by atoms with Crippen molar-refractivity contribution in [2.24, 2.45) is 5.10 Å². The Bertz CT molecular complexity index is 1190. The molecule has 0 bridgehead atoms. The fraction of sp³-hybridized carbons (Fsp3) is 0.0455. The molecule has 0 saturated heterocycles. The number of nitrogen functional groups attached to an aromatic ring is 1. The lowest BCUT2D eigenvalue weighted by Crippen LogP contribution is -2.19. The second-order valence-corrected chi connectivity index (χ2v) is 6.43. The molecule has 28 heavy (non-hydrogen) atoms. The highest BCUT2D eigenvalue weighted by molar-refractivity contribution is 5.88. The van der Waals surface area contributed by atoms with E-state index in [2.05, 4.69) is 5.10 Å². The van der Waals surface area contributed by atoms with E-state index in [0.717, 1.165) is 28.1 Å². The van der Waals surface area contributed by atoms with E-state index in [1.54, 1.807) is 17.0 Å². The third-order valence-electron chi connectivity index (χ3n) is 4.30. The molecule has 2 aromatic heterocycles. The van der Waals surface area contributed by atoms with Gasteiger partial charge in [0.15, 0.2) is 0 Å². The number of hydrogen-bond donors (Lipinski definition) is 1. The number of aryl methyl sites for hydroxylation is 1. The molecule has 0 radical (unpaired) electrons. The fourth-order valence-corrected chi connectivity index (χ4v) is 2.98. The van der Waals surface area contributed by atoms with Crippen molar-refractivity contribution >= 4 is 12.0 Å². The minimum absolute atomic E-state index is 0.273. The van der Waals surface area contributed by atoms with Crippen LogP contribution in [0.4, 0.5) is 5.82 Å². The topological polar surface area (TPSA) is 78.2 Å². The number of nitrogens with zero attached hydrogens (tertiary/aromatic N) is 4. The van der Waals surface area contributed by atoms with Crippen LogP contribution in [0.25, 0.3) is 16.9 Å². The minimum atomic E-state index is -0.273. The van der Waals surface area contributed by atoms with E-state index < -0.39 is 0 Å². The Hall–Kier alpha value is -3.93. The van der Waals surface area contributed by atoms with Crippen molar-refractivity contribution in [1.29, 1.82) is 0 Å². The summed E-state index contributed by atoms with van der Waals surface area (Å²) < 4.78 is 2.98. The number of benzene rings is 2. The first-order valence-electron chi connectivity index (χ1n) is 8.86. The summed E-state index contributed by atoms with van der Waals surface area (Å²) >= 11 is 0. The predicted molar refractivity (Wildman–Crippen MR) is 112 cm³/mol. The molecule has 0 atom stereocenters. The van der Waals surface area contributed by atoms with Crippen LogP contribution in [-0.2, 0) is 0 Å². The zero-order chi connectivity index (χ0) is 19.5. The van der Waals surface area contributed by atoms with Crippen molar-refractivity contribution < 1.29 is 0 Å². The molecule has 0 unspecified atom stereocenters. The molecule has 0 amide bonds. The molecular formula is C22H19N5O. The van der Waals surface area contributed by atoms with E-state index >= 15 is 0 Å². The van der Waals surface area contributed by atoms with Crippen molar-refractivity contribution in [3.8, 4) is 16.9 Å². The van der Waals surface area contributed by atoms with Gasteiger partial charge in [0, 0.05) is 23.4 Å². The van der Waals surface area contributed by atoms with E-state index in [1.165, 1.54) is 10.7 Å². The minimum Gasteiger partial charge on any atom is -0.384 e. The van der Waals surface area contributed by atoms with Crippen molar-refractivity contribution in [1.82, 2.24) is 14.5 Å². The number of para-hydroxylation sites is 1. The van der Waals surface area contributed by atoms with Gasteiger partial charge in [-0.25, -0.2) is 4.68 Å². The van der Waals surface area contributed by atoms with Gasteiger partial charge >= 0.3 is 0 Å². The van der Waals surface area contributed by atoms with Crippen LogP contribution in [0.1, 0.15) is 11.1 Å². The van der Waals surface area contributed by atoms with Gasteiger partial charge in [0.1, 0.15) is 11.5 Å². The second-order valence-electron chi connectivity index (χ2n) is 6.43. The maximum Gasteiger partial charge on any atom is 0.273 e. The lowest BCUT2D eigenvalue weighted by molar-refractivity contribution is 0.843. The van der Waals surface area contributed by atoms with Crippen LogP contribution in [0.5, 0.6) is 0 Å². The summed E-state index contributed by atoms with van der Waals surface area (Å²) in [6.45, 7) is 1.82. The molecular weight excluding hydrogens is 350 g/mol. The molecule has 6 heteroatoms. The lowest BCUT2D eigenvalue weighted by atomic mass is 10.1.